The minimum absolute atomic E-state index is 0.00380. The second-order valence-electron chi connectivity index (χ2n) is 5.21. The fraction of sp³-hybridized carbons (Fsp3) is 0.833. The molecular formula is C12H23BIO3PS. The van der Waals surface area contributed by atoms with Crippen LogP contribution in [-0.4, -0.2) is 35.9 Å². The van der Waals surface area contributed by atoms with Crippen molar-refractivity contribution in [3.63, 3.8) is 0 Å². The number of aliphatic hydroxyl groups is 1. The third-order valence-corrected chi connectivity index (χ3v) is 5.10. The molecular weight excluding hydrogens is 393 g/mol. The van der Waals surface area contributed by atoms with Crippen LogP contribution in [0.5, 0.6) is 0 Å². The van der Waals surface area contributed by atoms with Gasteiger partial charge in [-0.05, 0) is 23.0 Å². The van der Waals surface area contributed by atoms with Gasteiger partial charge in [0.25, 0.3) is 0 Å². The van der Waals surface area contributed by atoms with E-state index in [1.165, 1.54) is 5.57 Å². The summed E-state index contributed by atoms with van der Waals surface area (Å²) in [5, 5.41) is 10.4. The van der Waals surface area contributed by atoms with Crippen LogP contribution in [-0.2, 0) is 9.39 Å². The quantitative estimate of drug-likeness (QED) is 0.314. The lowest BCUT2D eigenvalue weighted by molar-refractivity contribution is -0.153. The van der Waals surface area contributed by atoms with Gasteiger partial charge in [0.1, 0.15) is 0 Å². The lowest BCUT2D eigenvalue weighted by Crippen LogP contribution is -2.49. The third kappa shape index (κ3) is 5.15. The molecule has 1 rings (SSSR count). The maximum Gasteiger partial charge on any atom is 0.380 e. The van der Waals surface area contributed by atoms with Gasteiger partial charge in [-0.2, -0.15) is 12.5 Å². The van der Waals surface area contributed by atoms with Crippen LogP contribution in [0.2, 0.25) is 0 Å². The lowest BCUT2D eigenvalue weighted by Gasteiger charge is -2.43. The van der Waals surface area contributed by atoms with E-state index in [2.05, 4.69) is 58.0 Å². The largest absolute Gasteiger partial charge is 0.422 e. The molecule has 19 heavy (non-hydrogen) atoms. The molecule has 0 spiro atoms. The molecule has 0 aromatic rings. The van der Waals surface area contributed by atoms with Gasteiger partial charge in [-0.15, -0.1) is 9.12 Å². The summed E-state index contributed by atoms with van der Waals surface area (Å²) in [7, 11) is 2.49. The summed E-state index contributed by atoms with van der Waals surface area (Å²) >= 11 is 6.38. The third-order valence-electron chi connectivity index (χ3n) is 3.77. The van der Waals surface area contributed by atoms with Crippen molar-refractivity contribution in [2.24, 2.45) is 11.8 Å². The van der Waals surface area contributed by atoms with E-state index in [0.29, 0.717) is 6.61 Å². The van der Waals surface area contributed by atoms with Crippen molar-refractivity contribution < 1.29 is 14.5 Å². The van der Waals surface area contributed by atoms with Gasteiger partial charge in [0.05, 0.1) is 18.3 Å². The van der Waals surface area contributed by atoms with Gasteiger partial charge in [0, 0.05) is 18.4 Å². The second kappa shape index (κ2) is 8.59. The number of aliphatic hydroxyl groups excluding tert-OH is 1. The minimum atomic E-state index is -0.335. The predicted molar refractivity (Wildman–Crippen MR) is 95.8 cm³/mol. The Morgan fingerprint density at radius 2 is 2.16 bits per heavy atom. The average Bonchev–Trinajstić information content (AvgIpc) is 2.37. The molecule has 1 aliphatic rings. The van der Waals surface area contributed by atoms with Crippen LogP contribution in [0, 0.1) is 11.8 Å². The first kappa shape index (κ1) is 18.2. The predicted octanol–water partition coefficient (Wildman–Crippen LogP) is 2.92. The molecule has 6 atom stereocenters. The Hall–Kier alpha value is 1.19. The van der Waals surface area contributed by atoms with E-state index in [0.717, 1.165) is 6.42 Å². The van der Waals surface area contributed by atoms with Crippen LogP contribution < -0.4 is 0 Å². The van der Waals surface area contributed by atoms with Crippen molar-refractivity contribution in [1.29, 1.82) is 0 Å². The van der Waals surface area contributed by atoms with Crippen LogP contribution in [0.15, 0.2) is 9.66 Å². The number of hydrogen-bond donors (Lipinski definition) is 2. The topological polar surface area (TPSA) is 38.7 Å². The smallest absolute Gasteiger partial charge is 0.380 e. The van der Waals surface area contributed by atoms with Gasteiger partial charge in [-0.3, -0.25) is 0 Å². The van der Waals surface area contributed by atoms with E-state index in [4.69, 9.17) is 9.39 Å². The summed E-state index contributed by atoms with van der Waals surface area (Å²) in [5.74, 6) is 0.104. The van der Waals surface area contributed by atoms with E-state index in [1.54, 1.807) is 0 Å². The summed E-state index contributed by atoms with van der Waals surface area (Å²) in [5.41, 5.74) is 1.17. The molecule has 0 aromatic carbocycles. The molecule has 0 saturated carbocycles. The Balaban J connectivity index is 2.65. The summed E-state index contributed by atoms with van der Waals surface area (Å²) < 4.78 is 13.6. The molecule has 3 nitrogen and oxygen atoms in total. The maximum absolute atomic E-state index is 10.4. The first-order chi connectivity index (χ1) is 8.88. The number of ether oxygens (including phenoxy) is 1. The van der Waals surface area contributed by atoms with Crippen molar-refractivity contribution in [3.05, 3.63) is 9.66 Å². The van der Waals surface area contributed by atoms with Gasteiger partial charge in [-0.1, -0.05) is 36.4 Å². The Bertz CT molecular complexity index is 319. The van der Waals surface area contributed by atoms with E-state index < -0.39 is 0 Å². The monoisotopic (exact) mass is 416 g/mol. The zero-order valence-corrected chi connectivity index (χ0v) is 15.8. The molecule has 110 valence electrons. The van der Waals surface area contributed by atoms with Crippen molar-refractivity contribution >= 4 is 50.1 Å². The zero-order valence-electron chi connectivity index (χ0n) is 11.6. The number of hydrogen-bond acceptors (Lipinski definition) is 4. The number of thiol groups is 1. The summed E-state index contributed by atoms with van der Waals surface area (Å²) in [6.07, 6.45) is 0.467. The van der Waals surface area contributed by atoms with Gasteiger partial charge in [-0.25, -0.2) is 0 Å². The Morgan fingerprint density at radius 3 is 2.68 bits per heavy atom. The highest BCUT2D eigenvalue weighted by atomic mass is 127. The molecule has 7 heteroatoms. The molecule has 0 bridgehead atoms. The van der Waals surface area contributed by atoms with Crippen LogP contribution in [0.4, 0.5) is 0 Å². The van der Waals surface area contributed by atoms with Crippen molar-refractivity contribution in [1.82, 2.24) is 0 Å². The number of halogens is 1. The molecule has 0 radical (unpaired) electrons. The van der Waals surface area contributed by atoms with Crippen molar-refractivity contribution in [2.75, 3.05) is 6.61 Å². The highest BCUT2D eigenvalue weighted by molar-refractivity contribution is 14.1. The van der Waals surface area contributed by atoms with Gasteiger partial charge < -0.3 is 14.5 Å². The second-order valence-corrected chi connectivity index (χ2v) is 7.51. The van der Waals surface area contributed by atoms with Crippen LogP contribution in [0.1, 0.15) is 27.2 Å². The molecule has 1 aliphatic heterocycles. The Kier molecular flexibility index (Phi) is 8.25. The van der Waals surface area contributed by atoms with Crippen molar-refractivity contribution in [2.45, 2.75) is 45.5 Å². The van der Waals surface area contributed by atoms with Crippen molar-refractivity contribution in [3.8, 4) is 0 Å². The molecule has 1 unspecified atom stereocenters. The highest BCUT2D eigenvalue weighted by Gasteiger charge is 2.40. The van der Waals surface area contributed by atoms with E-state index >= 15 is 0 Å². The highest BCUT2D eigenvalue weighted by Crippen LogP contribution is 2.35. The first-order valence-corrected chi connectivity index (χ1v) is 8.97. The molecule has 0 aromatic heterocycles. The maximum atomic E-state index is 10.4. The molecule has 1 fully saturated rings. The van der Waals surface area contributed by atoms with Crippen LogP contribution in [0.3, 0.4) is 0 Å². The Labute approximate surface area is 138 Å². The zero-order chi connectivity index (χ0) is 14.6. The molecule has 0 amide bonds. The standard InChI is InChI=1S/C12H23BIO3PS/c1-7(6-14)12-9(3)11(15)8(2)10(17-12)4-5-16-13(18)19/h6,8-12,15,19H,4-5,18H2,1-3H3/b7-6+/t8-,9+,10+,11-,12-/m0/s1. The average molecular weight is 416 g/mol. The van der Waals surface area contributed by atoms with Gasteiger partial charge in [0.15, 0.2) is 0 Å². The normalized spacial score (nSPS) is 36.4. The Morgan fingerprint density at radius 1 is 1.53 bits per heavy atom. The number of rotatable bonds is 5. The minimum Gasteiger partial charge on any atom is -0.422 e. The lowest BCUT2D eigenvalue weighted by atomic mass is 9.80. The fourth-order valence-electron chi connectivity index (χ4n) is 2.53. The fourth-order valence-corrected chi connectivity index (χ4v) is 3.13. The van der Waals surface area contributed by atoms with E-state index in [-0.39, 0.29) is 36.1 Å². The molecule has 1 N–H and O–H groups in total. The SMILES string of the molecule is C/C(=C\I)[C@@H]1O[C@H](CCOB(P)S)[C@H](C)[C@H](O)[C@H]1C. The van der Waals surface area contributed by atoms with Gasteiger partial charge >= 0.3 is 5.91 Å². The summed E-state index contributed by atoms with van der Waals surface area (Å²) in [4.78, 5) is 0. The summed E-state index contributed by atoms with van der Waals surface area (Å²) in [6, 6.07) is 0. The first-order valence-electron chi connectivity index (χ1n) is 6.54. The van der Waals surface area contributed by atoms with E-state index in [9.17, 15) is 5.11 Å². The van der Waals surface area contributed by atoms with Crippen LogP contribution >= 0.6 is 44.2 Å². The molecule has 0 aliphatic carbocycles. The van der Waals surface area contributed by atoms with Crippen LogP contribution in [0.25, 0.3) is 0 Å². The molecule has 1 saturated heterocycles. The molecule has 1 heterocycles. The van der Waals surface area contributed by atoms with E-state index in [1.807, 2.05) is 11.0 Å². The van der Waals surface area contributed by atoms with Gasteiger partial charge in [0.2, 0.25) is 0 Å². The summed E-state index contributed by atoms with van der Waals surface area (Å²) in [6.45, 7) is 6.74.